The Bertz CT molecular complexity index is 293. The van der Waals surface area contributed by atoms with Crippen molar-refractivity contribution >= 4 is 5.91 Å². The molecule has 0 aromatic carbocycles. The number of hydrogen-bond donors (Lipinski definition) is 1. The highest BCUT2D eigenvalue weighted by molar-refractivity contribution is 5.83. The van der Waals surface area contributed by atoms with Crippen LogP contribution in [0.5, 0.6) is 0 Å². The summed E-state index contributed by atoms with van der Waals surface area (Å²) in [6, 6.07) is 0.538. The average Bonchev–Trinajstić information content (AvgIpc) is 2.29. The summed E-state index contributed by atoms with van der Waals surface area (Å²) in [5.74, 6) is 2.91. The summed E-state index contributed by atoms with van der Waals surface area (Å²) < 4.78 is 0. The Morgan fingerprint density at radius 1 is 1.59 bits per heavy atom. The van der Waals surface area contributed by atoms with Gasteiger partial charge in [0.1, 0.15) is 0 Å². The minimum Gasteiger partial charge on any atom is -0.337 e. The lowest BCUT2D eigenvalue weighted by molar-refractivity contribution is -0.138. The molecule has 2 unspecified atom stereocenters. The summed E-state index contributed by atoms with van der Waals surface area (Å²) in [6.07, 6.45) is 8.98. The van der Waals surface area contributed by atoms with Gasteiger partial charge in [0.2, 0.25) is 5.91 Å². The van der Waals surface area contributed by atoms with Gasteiger partial charge in [-0.05, 0) is 19.3 Å². The molecule has 0 aromatic heterocycles. The largest absolute Gasteiger partial charge is 0.337 e. The molecule has 1 amide bonds. The van der Waals surface area contributed by atoms with E-state index in [1.807, 2.05) is 4.90 Å². The third-order valence-corrected chi connectivity index (χ3v) is 3.27. The molecule has 1 rings (SSSR count). The molecule has 96 valence electrons. The molecule has 1 aliphatic heterocycles. The van der Waals surface area contributed by atoms with Crippen LogP contribution in [0.1, 0.15) is 46.5 Å². The highest BCUT2D eigenvalue weighted by Gasteiger charge is 2.32. The zero-order valence-corrected chi connectivity index (χ0v) is 11.2. The Morgan fingerprint density at radius 2 is 2.29 bits per heavy atom. The predicted molar refractivity (Wildman–Crippen MR) is 70.5 cm³/mol. The van der Waals surface area contributed by atoms with Gasteiger partial charge < -0.3 is 10.2 Å². The molecule has 0 spiro atoms. The molecule has 3 heteroatoms. The Kier molecular flexibility index (Phi) is 5.50. The number of carbonyl (C=O) groups excluding carboxylic acids is 1. The minimum absolute atomic E-state index is 0.0180. The van der Waals surface area contributed by atoms with Crippen LogP contribution in [0.15, 0.2) is 0 Å². The molecule has 1 N–H and O–H groups in total. The molecule has 1 fully saturated rings. The van der Waals surface area contributed by atoms with Crippen molar-refractivity contribution < 1.29 is 4.79 Å². The van der Waals surface area contributed by atoms with Gasteiger partial charge in [-0.2, -0.15) is 0 Å². The van der Waals surface area contributed by atoms with Crippen molar-refractivity contribution in [3.05, 3.63) is 0 Å². The number of likely N-dealkylation sites (tertiary alicyclic amines) is 1. The molecule has 1 heterocycles. The number of amides is 1. The minimum atomic E-state index is -0.0180. The van der Waals surface area contributed by atoms with E-state index in [1.54, 1.807) is 0 Å². The molecular weight excluding hydrogens is 212 g/mol. The van der Waals surface area contributed by atoms with Gasteiger partial charge in [0, 0.05) is 25.0 Å². The number of piperidine rings is 1. The fourth-order valence-electron chi connectivity index (χ4n) is 2.43. The maximum Gasteiger partial charge on any atom is 0.239 e. The molecule has 1 saturated heterocycles. The Morgan fingerprint density at radius 3 is 2.82 bits per heavy atom. The lowest BCUT2D eigenvalue weighted by Gasteiger charge is -2.38. The third kappa shape index (κ3) is 3.74. The van der Waals surface area contributed by atoms with E-state index < -0.39 is 0 Å². The van der Waals surface area contributed by atoms with Crippen LogP contribution in [0.4, 0.5) is 0 Å². The summed E-state index contributed by atoms with van der Waals surface area (Å²) in [6.45, 7) is 7.10. The van der Waals surface area contributed by atoms with E-state index in [-0.39, 0.29) is 18.0 Å². The van der Waals surface area contributed by atoms with Crippen molar-refractivity contribution in [2.45, 2.75) is 64.6 Å². The second-order valence-corrected chi connectivity index (χ2v) is 5.02. The lowest BCUT2D eigenvalue weighted by Crippen LogP contribution is -2.55. The molecule has 0 aliphatic carbocycles. The molecule has 0 aromatic rings. The Balaban J connectivity index is 2.67. The van der Waals surface area contributed by atoms with Crippen LogP contribution in [0.25, 0.3) is 0 Å². The SMILES string of the molecule is C#CCC(CC)N1CCCC(NC(C)C)C1=O. The van der Waals surface area contributed by atoms with Crippen LogP contribution in [-0.4, -0.2) is 35.5 Å². The highest BCUT2D eigenvalue weighted by atomic mass is 16.2. The lowest BCUT2D eigenvalue weighted by atomic mass is 9.99. The number of terminal acetylenes is 1. The summed E-state index contributed by atoms with van der Waals surface area (Å²) in [7, 11) is 0. The van der Waals surface area contributed by atoms with Crippen molar-refractivity contribution in [2.75, 3.05) is 6.54 Å². The van der Waals surface area contributed by atoms with Crippen LogP contribution < -0.4 is 5.32 Å². The van der Waals surface area contributed by atoms with Crippen LogP contribution in [0.2, 0.25) is 0 Å². The smallest absolute Gasteiger partial charge is 0.239 e. The van der Waals surface area contributed by atoms with Gasteiger partial charge >= 0.3 is 0 Å². The quantitative estimate of drug-likeness (QED) is 0.738. The molecule has 1 aliphatic rings. The van der Waals surface area contributed by atoms with E-state index in [4.69, 9.17) is 6.42 Å². The molecule has 0 saturated carbocycles. The molecule has 17 heavy (non-hydrogen) atoms. The molecule has 2 atom stereocenters. The van der Waals surface area contributed by atoms with Gasteiger partial charge in [0.25, 0.3) is 0 Å². The average molecular weight is 236 g/mol. The van der Waals surface area contributed by atoms with Gasteiger partial charge in [-0.15, -0.1) is 12.3 Å². The van der Waals surface area contributed by atoms with Gasteiger partial charge in [0.15, 0.2) is 0 Å². The summed E-state index contributed by atoms with van der Waals surface area (Å²) >= 11 is 0. The maximum atomic E-state index is 12.3. The van der Waals surface area contributed by atoms with Gasteiger partial charge in [-0.25, -0.2) is 0 Å². The standard InChI is InChI=1S/C14H24N2O/c1-5-8-12(6-2)16-10-7-9-13(14(16)17)15-11(3)4/h1,11-13,15H,6-10H2,2-4H3. The van der Waals surface area contributed by atoms with E-state index in [9.17, 15) is 4.79 Å². The number of carbonyl (C=O) groups is 1. The monoisotopic (exact) mass is 236 g/mol. The van der Waals surface area contributed by atoms with Crippen molar-refractivity contribution in [1.29, 1.82) is 0 Å². The zero-order valence-electron chi connectivity index (χ0n) is 11.2. The van der Waals surface area contributed by atoms with Crippen molar-refractivity contribution in [3.8, 4) is 12.3 Å². The van der Waals surface area contributed by atoms with Crippen molar-refractivity contribution in [2.24, 2.45) is 0 Å². The van der Waals surface area contributed by atoms with Gasteiger partial charge in [-0.1, -0.05) is 20.8 Å². The van der Waals surface area contributed by atoms with E-state index in [2.05, 4.69) is 32.0 Å². The fraction of sp³-hybridized carbons (Fsp3) is 0.786. The van der Waals surface area contributed by atoms with Crippen LogP contribution >= 0.6 is 0 Å². The Labute approximate surface area is 105 Å². The molecule has 3 nitrogen and oxygen atoms in total. The topological polar surface area (TPSA) is 32.3 Å². The van der Waals surface area contributed by atoms with Crippen LogP contribution in [-0.2, 0) is 4.79 Å². The summed E-state index contributed by atoms with van der Waals surface area (Å²) in [5.41, 5.74) is 0. The van der Waals surface area contributed by atoms with Crippen LogP contribution in [0, 0.1) is 12.3 Å². The maximum absolute atomic E-state index is 12.3. The Hall–Kier alpha value is -1.01. The zero-order chi connectivity index (χ0) is 12.8. The first-order valence-corrected chi connectivity index (χ1v) is 6.60. The third-order valence-electron chi connectivity index (χ3n) is 3.27. The number of nitrogens with zero attached hydrogens (tertiary/aromatic N) is 1. The van der Waals surface area contributed by atoms with E-state index in [1.165, 1.54) is 0 Å². The first kappa shape index (κ1) is 14.1. The van der Waals surface area contributed by atoms with E-state index >= 15 is 0 Å². The number of hydrogen-bond acceptors (Lipinski definition) is 2. The van der Waals surface area contributed by atoms with Crippen LogP contribution in [0.3, 0.4) is 0 Å². The van der Waals surface area contributed by atoms with Gasteiger partial charge in [-0.3, -0.25) is 4.79 Å². The normalized spacial score (nSPS) is 22.6. The van der Waals surface area contributed by atoms with E-state index in [0.717, 1.165) is 25.8 Å². The predicted octanol–water partition coefficient (Wildman–Crippen LogP) is 1.78. The molecule has 0 bridgehead atoms. The van der Waals surface area contributed by atoms with Gasteiger partial charge in [0.05, 0.1) is 6.04 Å². The second-order valence-electron chi connectivity index (χ2n) is 5.02. The number of rotatable bonds is 5. The highest BCUT2D eigenvalue weighted by Crippen LogP contribution is 2.18. The first-order valence-electron chi connectivity index (χ1n) is 6.60. The first-order chi connectivity index (χ1) is 8.10. The number of nitrogens with one attached hydrogen (secondary N) is 1. The summed E-state index contributed by atoms with van der Waals surface area (Å²) in [4.78, 5) is 14.3. The molecule has 0 radical (unpaired) electrons. The summed E-state index contributed by atoms with van der Waals surface area (Å²) in [5, 5.41) is 3.34. The second kappa shape index (κ2) is 6.66. The van der Waals surface area contributed by atoms with Crippen molar-refractivity contribution in [3.63, 3.8) is 0 Å². The fourth-order valence-corrected chi connectivity index (χ4v) is 2.43. The molecular formula is C14H24N2O. The van der Waals surface area contributed by atoms with Crippen molar-refractivity contribution in [1.82, 2.24) is 10.2 Å². The van der Waals surface area contributed by atoms with E-state index in [0.29, 0.717) is 12.5 Å².